The van der Waals surface area contributed by atoms with Gasteiger partial charge in [-0.05, 0) is 29.1 Å². The first-order valence-corrected chi connectivity index (χ1v) is 10.0. The molecule has 3 aromatic carbocycles. The van der Waals surface area contributed by atoms with Gasteiger partial charge in [0.15, 0.2) is 0 Å². The van der Waals surface area contributed by atoms with Crippen LogP contribution >= 0.6 is 11.6 Å². The van der Waals surface area contributed by atoms with Gasteiger partial charge in [0.25, 0.3) is 0 Å². The van der Waals surface area contributed by atoms with Crippen LogP contribution in [0.4, 0.5) is 5.69 Å². The summed E-state index contributed by atoms with van der Waals surface area (Å²) in [6, 6.07) is 22.1. The van der Waals surface area contributed by atoms with Crippen molar-refractivity contribution in [1.29, 1.82) is 0 Å². The molecule has 0 aromatic heterocycles. The zero-order valence-corrected chi connectivity index (χ0v) is 16.5. The van der Waals surface area contributed by atoms with Gasteiger partial charge < -0.3 is 5.32 Å². The molecule has 0 bridgehead atoms. The quantitative estimate of drug-likeness (QED) is 0.703. The summed E-state index contributed by atoms with van der Waals surface area (Å²) in [6.45, 7) is 5.01. The number of halogens is 1. The van der Waals surface area contributed by atoms with Crippen molar-refractivity contribution in [2.75, 3.05) is 38.0 Å². The Balaban J connectivity index is 1.29. The number of benzene rings is 3. The number of hydrogen-bond donors (Lipinski definition) is 1. The van der Waals surface area contributed by atoms with Crippen molar-refractivity contribution >= 4 is 34.0 Å². The van der Waals surface area contributed by atoms with Gasteiger partial charge in [-0.15, -0.1) is 0 Å². The molecule has 1 fully saturated rings. The predicted molar refractivity (Wildman–Crippen MR) is 116 cm³/mol. The molecule has 0 unspecified atom stereocenters. The van der Waals surface area contributed by atoms with E-state index in [-0.39, 0.29) is 5.91 Å². The zero-order chi connectivity index (χ0) is 19.3. The van der Waals surface area contributed by atoms with Gasteiger partial charge in [-0.25, -0.2) is 0 Å². The van der Waals surface area contributed by atoms with Crippen molar-refractivity contribution in [3.05, 3.63) is 77.3 Å². The molecule has 1 saturated heterocycles. The van der Waals surface area contributed by atoms with Crippen LogP contribution in [0.25, 0.3) is 10.8 Å². The van der Waals surface area contributed by atoms with Crippen molar-refractivity contribution in [3.8, 4) is 0 Å². The lowest BCUT2D eigenvalue weighted by Gasteiger charge is -2.34. The van der Waals surface area contributed by atoms with Crippen molar-refractivity contribution in [2.24, 2.45) is 0 Å². The summed E-state index contributed by atoms with van der Waals surface area (Å²) in [5, 5.41) is 6.07. The summed E-state index contributed by atoms with van der Waals surface area (Å²) in [7, 11) is 0. The fourth-order valence-electron chi connectivity index (χ4n) is 3.73. The van der Waals surface area contributed by atoms with E-state index < -0.39 is 0 Å². The van der Waals surface area contributed by atoms with E-state index in [0.717, 1.165) is 54.2 Å². The summed E-state index contributed by atoms with van der Waals surface area (Å²) in [6.07, 6.45) is 0. The van der Waals surface area contributed by atoms with Crippen LogP contribution in [0.1, 0.15) is 5.56 Å². The largest absolute Gasteiger partial charge is 0.324 e. The third kappa shape index (κ3) is 4.71. The second kappa shape index (κ2) is 8.74. The number of carbonyl (C=O) groups excluding carboxylic acids is 1. The van der Waals surface area contributed by atoms with E-state index in [0.29, 0.717) is 6.54 Å². The lowest BCUT2D eigenvalue weighted by Crippen LogP contribution is -2.48. The van der Waals surface area contributed by atoms with E-state index in [1.807, 2.05) is 48.5 Å². The van der Waals surface area contributed by atoms with Crippen LogP contribution in [0.15, 0.2) is 66.7 Å². The van der Waals surface area contributed by atoms with Crippen molar-refractivity contribution in [1.82, 2.24) is 9.80 Å². The fraction of sp³-hybridized carbons (Fsp3) is 0.261. The number of carbonyl (C=O) groups is 1. The molecular formula is C23H24ClN3O. The first-order valence-electron chi connectivity index (χ1n) is 9.64. The smallest absolute Gasteiger partial charge is 0.238 e. The maximum absolute atomic E-state index is 12.6. The lowest BCUT2D eigenvalue weighted by atomic mass is 10.1. The molecule has 1 amide bonds. The molecule has 4 rings (SSSR count). The standard InChI is InChI=1S/C23H24ClN3O/c24-20-8-3-5-18(15-20)16-26-11-13-27(14-12-26)17-23(28)25-22-10-4-7-19-6-1-2-9-21(19)22/h1-10,15H,11-14,16-17H2,(H,25,28). The number of amides is 1. The predicted octanol–water partition coefficient (Wildman–Crippen LogP) is 4.25. The summed E-state index contributed by atoms with van der Waals surface area (Å²) in [4.78, 5) is 17.2. The van der Waals surface area contributed by atoms with Crippen LogP contribution in [0.5, 0.6) is 0 Å². The van der Waals surface area contributed by atoms with E-state index in [4.69, 9.17) is 11.6 Å². The van der Waals surface area contributed by atoms with E-state index in [2.05, 4.69) is 33.3 Å². The maximum atomic E-state index is 12.6. The van der Waals surface area contributed by atoms with E-state index in [9.17, 15) is 4.79 Å². The third-order valence-electron chi connectivity index (χ3n) is 5.19. The van der Waals surface area contributed by atoms with E-state index in [1.165, 1.54) is 5.56 Å². The lowest BCUT2D eigenvalue weighted by molar-refractivity contribution is -0.117. The van der Waals surface area contributed by atoms with Gasteiger partial charge >= 0.3 is 0 Å². The van der Waals surface area contributed by atoms with Crippen LogP contribution in [-0.2, 0) is 11.3 Å². The van der Waals surface area contributed by atoms with Gasteiger partial charge in [0.2, 0.25) is 5.91 Å². The summed E-state index contributed by atoms with van der Waals surface area (Å²) >= 11 is 6.07. The molecule has 1 aliphatic rings. The molecular weight excluding hydrogens is 370 g/mol. The first kappa shape index (κ1) is 18.9. The molecule has 0 aliphatic carbocycles. The first-order chi connectivity index (χ1) is 13.7. The SMILES string of the molecule is O=C(CN1CCN(Cc2cccc(Cl)c2)CC1)Nc1cccc2ccccc12. The summed E-state index contributed by atoms with van der Waals surface area (Å²) in [5.74, 6) is 0.0413. The number of rotatable bonds is 5. The van der Waals surface area contributed by atoms with Crippen LogP contribution in [0, 0.1) is 0 Å². The van der Waals surface area contributed by atoms with Crippen molar-refractivity contribution < 1.29 is 4.79 Å². The number of hydrogen-bond acceptors (Lipinski definition) is 3. The van der Waals surface area contributed by atoms with Crippen LogP contribution in [-0.4, -0.2) is 48.4 Å². The third-order valence-corrected chi connectivity index (χ3v) is 5.43. The number of anilines is 1. The molecule has 144 valence electrons. The normalized spacial score (nSPS) is 15.6. The zero-order valence-electron chi connectivity index (χ0n) is 15.8. The minimum Gasteiger partial charge on any atom is -0.324 e. The fourth-order valence-corrected chi connectivity index (χ4v) is 3.94. The number of nitrogens with one attached hydrogen (secondary N) is 1. The number of nitrogens with zero attached hydrogens (tertiary/aromatic N) is 2. The Hall–Kier alpha value is -2.40. The average molecular weight is 394 g/mol. The summed E-state index contributed by atoms with van der Waals surface area (Å²) in [5.41, 5.74) is 2.11. The van der Waals surface area contributed by atoms with Gasteiger partial charge in [0.05, 0.1) is 6.54 Å². The van der Waals surface area contributed by atoms with Crippen LogP contribution in [0.3, 0.4) is 0 Å². The van der Waals surface area contributed by atoms with Crippen molar-refractivity contribution in [2.45, 2.75) is 6.54 Å². The Morgan fingerprint density at radius 2 is 1.61 bits per heavy atom. The molecule has 5 heteroatoms. The molecule has 1 aliphatic heterocycles. The Morgan fingerprint density at radius 3 is 2.43 bits per heavy atom. The Bertz CT molecular complexity index is 961. The molecule has 0 radical (unpaired) electrons. The topological polar surface area (TPSA) is 35.6 Å². The van der Waals surface area contributed by atoms with Gasteiger partial charge in [-0.1, -0.05) is 60.1 Å². The molecule has 3 aromatic rings. The maximum Gasteiger partial charge on any atom is 0.238 e. The monoisotopic (exact) mass is 393 g/mol. The van der Waals surface area contributed by atoms with Gasteiger partial charge in [0, 0.05) is 48.8 Å². The second-order valence-electron chi connectivity index (χ2n) is 7.26. The minimum absolute atomic E-state index is 0.0413. The van der Waals surface area contributed by atoms with Gasteiger partial charge in [-0.2, -0.15) is 0 Å². The Labute approximate surface area is 170 Å². The number of fused-ring (bicyclic) bond motifs is 1. The molecule has 1 N–H and O–H groups in total. The highest BCUT2D eigenvalue weighted by atomic mass is 35.5. The molecule has 28 heavy (non-hydrogen) atoms. The second-order valence-corrected chi connectivity index (χ2v) is 7.69. The highest BCUT2D eigenvalue weighted by molar-refractivity contribution is 6.30. The highest BCUT2D eigenvalue weighted by Crippen LogP contribution is 2.23. The molecule has 1 heterocycles. The van der Waals surface area contributed by atoms with E-state index in [1.54, 1.807) is 0 Å². The van der Waals surface area contributed by atoms with Crippen LogP contribution < -0.4 is 5.32 Å². The summed E-state index contributed by atoms with van der Waals surface area (Å²) < 4.78 is 0. The molecule has 4 nitrogen and oxygen atoms in total. The molecule has 0 spiro atoms. The van der Waals surface area contributed by atoms with E-state index >= 15 is 0 Å². The highest BCUT2D eigenvalue weighted by Gasteiger charge is 2.19. The molecule has 0 atom stereocenters. The minimum atomic E-state index is 0.0413. The average Bonchev–Trinajstić information content (AvgIpc) is 2.70. The van der Waals surface area contributed by atoms with Gasteiger partial charge in [0.1, 0.15) is 0 Å². The Kier molecular flexibility index (Phi) is 5.91. The van der Waals surface area contributed by atoms with Crippen molar-refractivity contribution in [3.63, 3.8) is 0 Å². The van der Waals surface area contributed by atoms with Gasteiger partial charge in [-0.3, -0.25) is 14.6 Å². The number of piperazine rings is 1. The van der Waals surface area contributed by atoms with Crippen LogP contribution in [0.2, 0.25) is 5.02 Å². The molecule has 0 saturated carbocycles. The Morgan fingerprint density at radius 1 is 0.893 bits per heavy atom.